The average molecular weight is 196 g/mol. The summed E-state index contributed by atoms with van der Waals surface area (Å²) < 4.78 is 19.9. The summed E-state index contributed by atoms with van der Waals surface area (Å²) in [6, 6.07) is 0. The van der Waals surface area contributed by atoms with Crippen molar-refractivity contribution in [3.05, 3.63) is 0 Å². The molecule has 1 rings (SSSR count). The second kappa shape index (κ2) is 3.42. The quantitative estimate of drug-likeness (QED) is 0.591. The Kier molecular flexibility index (Phi) is 2.74. The third kappa shape index (κ3) is 1.85. The highest BCUT2D eigenvalue weighted by atomic mass is 32.2. The van der Waals surface area contributed by atoms with Crippen LogP contribution < -0.4 is 0 Å². The Morgan fingerprint density at radius 1 is 1.82 bits per heavy atom. The molecule has 1 fully saturated rings. The number of amides is 1. The van der Waals surface area contributed by atoms with E-state index in [1.807, 2.05) is 0 Å². The van der Waals surface area contributed by atoms with E-state index in [0.29, 0.717) is 12.3 Å². The van der Waals surface area contributed by atoms with Gasteiger partial charge in [0.15, 0.2) is 0 Å². The molecule has 0 aromatic carbocycles. The number of thioether (sulfide) groups is 1. The van der Waals surface area contributed by atoms with Crippen molar-refractivity contribution in [2.24, 2.45) is 0 Å². The molecular weight excluding hydrogens is 190 g/mol. The van der Waals surface area contributed by atoms with Gasteiger partial charge in [-0.3, -0.25) is 9.11 Å². The van der Waals surface area contributed by atoms with E-state index in [9.17, 15) is 13.6 Å². The first-order chi connectivity index (χ1) is 5.13. The Hall–Kier alpha value is -0.270. The van der Waals surface area contributed by atoms with E-state index >= 15 is 0 Å². The molecule has 0 saturated carbocycles. The van der Waals surface area contributed by atoms with E-state index in [1.165, 1.54) is 0 Å². The summed E-state index contributed by atoms with van der Waals surface area (Å²) in [6.07, 6.45) is -1.18. The normalized spacial score (nSPS) is 27.0. The highest BCUT2D eigenvalue weighted by Crippen LogP contribution is 2.25. The second-order valence-corrected chi connectivity index (χ2v) is 4.37. The summed E-state index contributed by atoms with van der Waals surface area (Å²) in [5, 5.41) is 8.47. The van der Waals surface area contributed by atoms with Crippen molar-refractivity contribution in [2.45, 2.75) is 4.71 Å². The molecule has 2 atom stereocenters. The van der Waals surface area contributed by atoms with Crippen LogP contribution >= 0.6 is 11.8 Å². The molecule has 1 saturated heterocycles. The van der Waals surface area contributed by atoms with E-state index < -0.39 is 21.9 Å². The maximum absolute atomic E-state index is 10.4. The highest BCUT2D eigenvalue weighted by Gasteiger charge is 2.29. The monoisotopic (exact) mass is 196 g/mol. The summed E-state index contributed by atoms with van der Waals surface area (Å²) in [4.78, 5) is 11.3. The minimum absolute atomic E-state index is 0.290. The fourth-order valence-corrected chi connectivity index (χ4v) is 2.81. The zero-order valence-corrected chi connectivity index (χ0v) is 7.06. The minimum atomic E-state index is -2.33. The Labute approximate surface area is 70.0 Å². The van der Waals surface area contributed by atoms with Gasteiger partial charge in [-0.1, -0.05) is 0 Å². The Morgan fingerprint density at radius 2 is 2.45 bits per heavy atom. The Bertz CT molecular complexity index is 177. The molecular formula is C4H6NO4S2-. The Morgan fingerprint density at radius 3 is 2.82 bits per heavy atom. The molecule has 0 spiro atoms. The second-order valence-electron chi connectivity index (χ2n) is 1.91. The molecule has 1 aliphatic rings. The number of hydrogen-bond acceptors (Lipinski definition) is 4. The van der Waals surface area contributed by atoms with Gasteiger partial charge in [-0.25, -0.2) is 4.79 Å². The third-order valence-electron chi connectivity index (χ3n) is 1.26. The molecule has 64 valence electrons. The molecule has 5 nitrogen and oxygen atoms in total. The molecule has 1 amide bonds. The molecule has 2 unspecified atom stereocenters. The number of nitrogens with zero attached hydrogens (tertiary/aromatic N) is 1. The largest absolute Gasteiger partial charge is 0.770 e. The first-order valence-electron chi connectivity index (χ1n) is 2.82. The van der Waals surface area contributed by atoms with E-state index in [1.54, 1.807) is 0 Å². The standard InChI is InChI=1S/C4H7NO4S2/c6-3(7)5-1-2-10-4(5)11(8)9/h4H,1-2H2,(H,6,7)(H,8,9)/p-1. The van der Waals surface area contributed by atoms with Crippen LogP contribution in [0, 0.1) is 0 Å². The van der Waals surface area contributed by atoms with Gasteiger partial charge in [0.25, 0.3) is 0 Å². The summed E-state index contributed by atoms with van der Waals surface area (Å²) in [7, 11) is 0. The van der Waals surface area contributed by atoms with Gasteiger partial charge in [0.2, 0.25) is 0 Å². The number of hydrogen-bond donors (Lipinski definition) is 1. The van der Waals surface area contributed by atoms with E-state index in [2.05, 4.69) is 0 Å². The van der Waals surface area contributed by atoms with Gasteiger partial charge in [-0.05, 0) is 11.1 Å². The molecule has 0 aromatic heterocycles. The number of carboxylic acid groups (broad SMARTS) is 1. The molecule has 1 heterocycles. The fourth-order valence-electron chi connectivity index (χ4n) is 0.793. The van der Waals surface area contributed by atoms with E-state index in [-0.39, 0.29) is 0 Å². The highest BCUT2D eigenvalue weighted by molar-refractivity contribution is 8.10. The predicted molar refractivity (Wildman–Crippen MR) is 39.9 cm³/mol. The van der Waals surface area contributed by atoms with Crippen molar-refractivity contribution < 1.29 is 18.7 Å². The van der Waals surface area contributed by atoms with Crippen LogP contribution in [0.3, 0.4) is 0 Å². The summed E-state index contributed by atoms with van der Waals surface area (Å²) in [6.45, 7) is 0.290. The van der Waals surface area contributed by atoms with Crippen LogP contribution in [0.4, 0.5) is 4.79 Å². The van der Waals surface area contributed by atoms with Crippen LogP contribution in [0.2, 0.25) is 0 Å². The van der Waals surface area contributed by atoms with Crippen LogP contribution in [0.15, 0.2) is 0 Å². The predicted octanol–water partition coefficient (Wildman–Crippen LogP) is -0.124. The van der Waals surface area contributed by atoms with Gasteiger partial charge in [0, 0.05) is 12.3 Å². The molecule has 0 aromatic rings. The number of carbonyl (C=O) groups is 1. The lowest BCUT2D eigenvalue weighted by atomic mass is 10.7. The first-order valence-corrected chi connectivity index (χ1v) is 5.01. The van der Waals surface area contributed by atoms with Crippen LogP contribution in [-0.4, -0.2) is 41.9 Å². The lowest BCUT2D eigenvalue weighted by Gasteiger charge is -2.21. The molecule has 0 bridgehead atoms. The maximum Gasteiger partial charge on any atom is 0.408 e. The Balaban J connectivity index is 2.65. The summed E-state index contributed by atoms with van der Waals surface area (Å²) in [5.74, 6) is 0.547. The molecule has 11 heavy (non-hydrogen) atoms. The topological polar surface area (TPSA) is 80.7 Å². The van der Waals surface area contributed by atoms with Crippen LogP contribution in [-0.2, 0) is 11.1 Å². The van der Waals surface area contributed by atoms with Gasteiger partial charge in [-0.2, -0.15) is 0 Å². The zero-order chi connectivity index (χ0) is 8.43. The van der Waals surface area contributed by atoms with E-state index in [4.69, 9.17) is 5.11 Å². The van der Waals surface area contributed by atoms with Gasteiger partial charge >= 0.3 is 6.09 Å². The van der Waals surface area contributed by atoms with Crippen molar-refractivity contribution in [1.82, 2.24) is 4.90 Å². The SMILES string of the molecule is O=C(O)N1CCSC1S(=O)[O-]. The third-order valence-corrected chi connectivity index (χ3v) is 3.68. The van der Waals surface area contributed by atoms with Crippen LogP contribution in [0.5, 0.6) is 0 Å². The van der Waals surface area contributed by atoms with Crippen LogP contribution in [0.1, 0.15) is 0 Å². The minimum Gasteiger partial charge on any atom is -0.770 e. The van der Waals surface area contributed by atoms with E-state index in [0.717, 1.165) is 16.7 Å². The van der Waals surface area contributed by atoms with Crippen molar-refractivity contribution in [1.29, 1.82) is 0 Å². The lowest BCUT2D eigenvalue weighted by Crippen LogP contribution is -2.35. The van der Waals surface area contributed by atoms with Crippen LogP contribution in [0.25, 0.3) is 0 Å². The van der Waals surface area contributed by atoms with Gasteiger partial charge < -0.3 is 9.66 Å². The molecule has 7 heteroatoms. The molecule has 0 aliphatic carbocycles. The van der Waals surface area contributed by atoms with Crippen molar-refractivity contribution in [3.63, 3.8) is 0 Å². The molecule has 1 N–H and O–H groups in total. The smallest absolute Gasteiger partial charge is 0.408 e. The van der Waals surface area contributed by atoms with Gasteiger partial charge in [0.05, 0.1) is 0 Å². The van der Waals surface area contributed by atoms with Crippen molar-refractivity contribution in [3.8, 4) is 0 Å². The summed E-state index contributed by atoms with van der Waals surface area (Å²) >= 11 is -1.21. The molecule has 0 radical (unpaired) electrons. The number of rotatable bonds is 1. The average Bonchev–Trinajstić information content (AvgIpc) is 2.32. The fraction of sp³-hybridized carbons (Fsp3) is 0.750. The van der Waals surface area contributed by atoms with Gasteiger partial charge in [0.1, 0.15) is 4.71 Å². The lowest BCUT2D eigenvalue weighted by molar-refractivity contribution is 0.154. The maximum atomic E-state index is 10.4. The van der Waals surface area contributed by atoms with Gasteiger partial charge in [-0.15, -0.1) is 11.8 Å². The van der Waals surface area contributed by atoms with Crippen molar-refractivity contribution in [2.75, 3.05) is 12.3 Å². The summed E-state index contributed by atoms with van der Waals surface area (Å²) in [5.41, 5.74) is 0. The zero-order valence-electron chi connectivity index (χ0n) is 5.43. The molecule has 1 aliphatic heterocycles. The first kappa shape index (κ1) is 8.82. The van der Waals surface area contributed by atoms with Crippen molar-refractivity contribution >= 4 is 28.9 Å².